The van der Waals surface area contributed by atoms with Crippen molar-refractivity contribution in [2.75, 3.05) is 13.2 Å². The van der Waals surface area contributed by atoms with E-state index in [1.54, 1.807) is 6.08 Å². The number of carbonyl (C=O) groups is 2. The molecule has 442 valence electrons. The van der Waals surface area contributed by atoms with Crippen LogP contribution in [0.3, 0.4) is 0 Å². The molecular weight excluding hydrogens is 923 g/mol. The molecule has 0 rings (SSSR count). The molecular formula is C69H131NO5. The van der Waals surface area contributed by atoms with E-state index in [1.807, 2.05) is 6.08 Å². The lowest BCUT2D eigenvalue weighted by Gasteiger charge is -2.20. The van der Waals surface area contributed by atoms with Crippen LogP contribution in [0.15, 0.2) is 36.5 Å². The smallest absolute Gasteiger partial charge is 0.305 e. The fourth-order valence-electron chi connectivity index (χ4n) is 10.5. The first kappa shape index (κ1) is 73.1. The van der Waals surface area contributed by atoms with Gasteiger partial charge in [0.1, 0.15) is 0 Å². The normalized spacial score (nSPS) is 12.7. The number of carbonyl (C=O) groups excluding carboxylic acids is 2. The summed E-state index contributed by atoms with van der Waals surface area (Å²) in [5.74, 6) is -0.0525. The topological polar surface area (TPSA) is 95.9 Å². The highest BCUT2D eigenvalue weighted by Crippen LogP contribution is 2.18. The first-order chi connectivity index (χ1) is 37.0. The molecule has 0 bridgehead atoms. The molecule has 2 atom stereocenters. The summed E-state index contributed by atoms with van der Waals surface area (Å²) in [6, 6.07) is -0.627. The lowest BCUT2D eigenvalue weighted by Crippen LogP contribution is -2.45. The van der Waals surface area contributed by atoms with Gasteiger partial charge in [0.25, 0.3) is 0 Å². The van der Waals surface area contributed by atoms with Gasteiger partial charge in [-0.2, -0.15) is 0 Å². The number of hydrogen-bond donors (Lipinski definition) is 3. The Hall–Kier alpha value is -1.92. The predicted molar refractivity (Wildman–Crippen MR) is 329 cm³/mol. The monoisotopic (exact) mass is 1050 g/mol. The van der Waals surface area contributed by atoms with Gasteiger partial charge in [0.15, 0.2) is 0 Å². The van der Waals surface area contributed by atoms with Crippen LogP contribution < -0.4 is 5.32 Å². The molecule has 0 saturated heterocycles. The molecule has 75 heavy (non-hydrogen) atoms. The standard InChI is InChI=1S/C69H131NO5/c1-3-5-7-9-11-13-15-16-17-35-38-42-45-49-53-57-61-67(72)66(65-71)70-68(73)62-58-54-50-46-43-39-36-33-31-29-27-25-23-21-19-18-20-22-24-26-28-30-32-34-37-40-44-48-52-56-60-64-75-69(74)63-59-55-51-47-41-14-12-10-8-6-4-2/h20,22,26,28,57,61,66-67,71-72H,3-19,21,23-25,27,29-56,58-60,62-65H2,1-2H3,(H,70,73)/b22-20-,28-26-,61-57+. The van der Waals surface area contributed by atoms with Crippen LogP contribution in [-0.4, -0.2) is 47.4 Å². The highest BCUT2D eigenvalue weighted by atomic mass is 16.5. The first-order valence-electron chi connectivity index (χ1n) is 33.8. The second kappa shape index (κ2) is 64.6. The summed E-state index contributed by atoms with van der Waals surface area (Å²) >= 11 is 0. The van der Waals surface area contributed by atoms with Crippen molar-refractivity contribution in [1.82, 2.24) is 5.32 Å². The molecule has 0 saturated carbocycles. The van der Waals surface area contributed by atoms with Gasteiger partial charge in [0, 0.05) is 12.8 Å². The average molecular weight is 1050 g/mol. The maximum absolute atomic E-state index is 12.5. The van der Waals surface area contributed by atoms with Gasteiger partial charge < -0.3 is 20.3 Å². The van der Waals surface area contributed by atoms with E-state index in [-0.39, 0.29) is 18.5 Å². The Morgan fingerprint density at radius 3 is 1.01 bits per heavy atom. The van der Waals surface area contributed by atoms with E-state index in [2.05, 4.69) is 43.5 Å². The van der Waals surface area contributed by atoms with Gasteiger partial charge in [-0.3, -0.25) is 9.59 Å². The Labute approximate surface area is 468 Å². The van der Waals surface area contributed by atoms with Crippen molar-refractivity contribution >= 4 is 11.9 Å². The summed E-state index contributed by atoms with van der Waals surface area (Å²) in [5.41, 5.74) is 0. The van der Waals surface area contributed by atoms with Gasteiger partial charge in [-0.25, -0.2) is 0 Å². The summed E-state index contributed by atoms with van der Waals surface area (Å²) in [4.78, 5) is 24.5. The summed E-state index contributed by atoms with van der Waals surface area (Å²) in [7, 11) is 0. The molecule has 2 unspecified atom stereocenters. The van der Waals surface area contributed by atoms with Gasteiger partial charge in [-0.1, -0.05) is 326 Å². The zero-order chi connectivity index (χ0) is 54.3. The lowest BCUT2D eigenvalue weighted by atomic mass is 10.0. The molecule has 3 N–H and O–H groups in total. The number of aliphatic hydroxyl groups excluding tert-OH is 2. The van der Waals surface area contributed by atoms with Gasteiger partial charge >= 0.3 is 5.97 Å². The quantitative estimate of drug-likeness (QED) is 0.0320. The zero-order valence-electron chi connectivity index (χ0n) is 50.5. The van der Waals surface area contributed by atoms with Crippen LogP contribution in [0.4, 0.5) is 0 Å². The molecule has 0 aliphatic carbocycles. The van der Waals surface area contributed by atoms with Gasteiger partial charge in [-0.15, -0.1) is 0 Å². The molecule has 6 nitrogen and oxygen atoms in total. The molecule has 0 aliphatic heterocycles. The van der Waals surface area contributed by atoms with Crippen molar-refractivity contribution in [3.8, 4) is 0 Å². The molecule has 0 radical (unpaired) electrons. The van der Waals surface area contributed by atoms with Gasteiger partial charge in [0.05, 0.1) is 25.4 Å². The van der Waals surface area contributed by atoms with E-state index in [0.717, 1.165) is 44.9 Å². The highest BCUT2D eigenvalue weighted by molar-refractivity contribution is 5.76. The van der Waals surface area contributed by atoms with E-state index in [1.165, 1.54) is 295 Å². The minimum Gasteiger partial charge on any atom is -0.466 e. The lowest BCUT2D eigenvalue weighted by molar-refractivity contribution is -0.143. The number of rotatable bonds is 63. The Bertz CT molecular complexity index is 1210. The third-order valence-corrected chi connectivity index (χ3v) is 15.7. The van der Waals surface area contributed by atoms with Crippen molar-refractivity contribution in [1.29, 1.82) is 0 Å². The molecule has 0 spiro atoms. The second-order valence-corrected chi connectivity index (χ2v) is 23.2. The molecule has 1 amide bonds. The third kappa shape index (κ3) is 61.2. The number of aliphatic hydroxyl groups is 2. The number of esters is 1. The van der Waals surface area contributed by atoms with Crippen molar-refractivity contribution < 1.29 is 24.5 Å². The van der Waals surface area contributed by atoms with Crippen LogP contribution in [0.2, 0.25) is 0 Å². The fraction of sp³-hybridized carbons (Fsp3) is 0.884. The molecule has 0 heterocycles. The van der Waals surface area contributed by atoms with E-state index in [4.69, 9.17) is 4.74 Å². The van der Waals surface area contributed by atoms with Crippen LogP contribution in [0.25, 0.3) is 0 Å². The van der Waals surface area contributed by atoms with Crippen molar-refractivity contribution in [2.45, 2.75) is 379 Å². The molecule has 0 aromatic heterocycles. The minimum atomic E-state index is -0.844. The average Bonchev–Trinajstić information content (AvgIpc) is 3.41. The fourth-order valence-corrected chi connectivity index (χ4v) is 10.5. The molecule has 0 fully saturated rings. The van der Waals surface area contributed by atoms with Crippen LogP contribution in [0, 0.1) is 0 Å². The molecule has 0 aromatic rings. The summed E-state index contributed by atoms with van der Waals surface area (Å²) < 4.78 is 5.47. The minimum absolute atomic E-state index is 0.0127. The van der Waals surface area contributed by atoms with Crippen molar-refractivity contribution in [3.05, 3.63) is 36.5 Å². The maximum atomic E-state index is 12.5. The van der Waals surface area contributed by atoms with Gasteiger partial charge in [0.2, 0.25) is 5.91 Å². The van der Waals surface area contributed by atoms with Crippen molar-refractivity contribution in [2.24, 2.45) is 0 Å². The second-order valence-electron chi connectivity index (χ2n) is 23.2. The maximum Gasteiger partial charge on any atom is 0.305 e. The third-order valence-electron chi connectivity index (χ3n) is 15.7. The Morgan fingerprint density at radius 1 is 0.373 bits per heavy atom. The van der Waals surface area contributed by atoms with E-state index >= 15 is 0 Å². The van der Waals surface area contributed by atoms with Crippen LogP contribution in [-0.2, 0) is 14.3 Å². The SMILES string of the molecule is CCCCCCCCCCCCCCCC/C=C/C(O)C(CO)NC(=O)CCCCCCCCCCCCCCCCC/C=C\C/C=C\CCCCCCCCCCCOC(=O)CCCCCCCCCCCCC. The highest BCUT2D eigenvalue weighted by Gasteiger charge is 2.18. The van der Waals surface area contributed by atoms with Crippen LogP contribution >= 0.6 is 0 Å². The van der Waals surface area contributed by atoms with Gasteiger partial charge in [-0.05, 0) is 64.2 Å². The number of amides is 1. The number of unbranched alkanes of at least 4 members (excludes halogenated alkanes) is 48. The molecule has 6 heteroatoms. The number of hydrogen-bond acceptors (Lipinski definition) is 5. The number of allylic oxidation sites excluding steroid dienone is 5. The number of nitrogens with one attached hydrogen (secondary N) is 1. The van der Waals surface area contributed by atoms with E-state index < -0.39 is 12.1 Å². The summed E-state index contributed by atoms with van der Waals surface area (Å²) in [5, 5.41) is 23.2. The Balaban J connectivity index is 3.41. The van der Waals surface area contributed by atoms with Crippen LogP contribution in [0.5, 0.6) is 0 Å². The molecule has 0 aromatic carbocycles. The predicted octanol–water partition coefficient (Wildman–Crippen LogP) is 21.5. The Morgan fingerprint density at radius 2 is 0.667 bits per heavy atom. The first-order valence-corrected chi connectivity index (χ1v) is 33.8. The summed E-state index contributed by atoms with van der Waals surface area (Å²) in [6.07, 6.45) is 82.1. The van der Waals surface area contributed by atoms with Crippen molar-refractivity contribution in [3.63, 3.8) is 0 Å². The number of ether oxygens (including phenoxy) is 1. The van der Waals surface area contributed by atoms with Crippen LogP contribution in [0.1, 0.15) is 367 Å². The summed E-state index contributed by atoms with van der Waals surface area (Å²) in [6.45, 7) is 4.92. The largest absolute Gasteiger partial charge is 0.466 e. The van der Waals surface area contributed by atoms with E-state index in [9.17, 15) is 19.8 Å². The Kier molecular flexibility index (Phi) is 63.0. The van der Waals surface area contributed by atoms with E-state index in [0.29, 0.717) is 19.4 Å². The molecule has 0 aliphatic rings. The zero-order valence-corrected chi connectivity index (χ0v) is 50.5.